The van der Waals surface area contributed by atoms with Crippen LogP contribution in [0.5, 0.6) is 11.5 Å². The van der Waals surface area contributed by atoms with E-state index < -0.39 is 34.3 Å². The van der Waals surface area contributed by atoms with Crippen LogP contribution in [0, 0.1) is 5.82 Å². The number of carbonyl (C=O) groups is 2. The van der Waals surface area contributed by atoms with Gasteiger partial charge in [0, 0.05) is 34.3 Å². The lowest BCUT2D eigenvalue weighted by Gasteiger charge is -2.35. The van der Waals surface area contributed by atoms with Gasteiger partial charge in [0.2, 0.25) is 11.8 Å². The van der Waals surface area contributed by atoms with Gasteiger partial charge in [-0.25, -0.2) is 12.8 Å². The number of hydrogen-bond donors (Lipinski definition) is 1. The van der Waals surface area contributed by atoms with Gasteiger partial charge in [-0.2, -0.15) is 0 Å². The van der Waals surface area contributed by atoms with Gasteiger partial charge in [0.25, 0.3) is 10.0 Å². The van der Waals surface area contributed by atoms with Crippen molar-refractivity contribution in [1.29, 1.82) is 0 Å². The summed E-state index contributed by atoms with van der Waals surface area (Å²) in [5.74, 6) is -0.946. The van der Waals surface area contributed by atoms with Gasteiger partial charge in [-0.3, -0.25) is 13.9 Å². The lowest BCUT2D eigenvalue weighted by Crippen LogP contribution is -2.54. The second-order valence-corrected chi connectivity index (χ2v) is 14.0. The summed E-state index contributed by atoms with van der Waals surface area (Å²) >= 11 is 13.0. The van der Waals surface area contributed by atoms with E-state index in [4.69, 9.17) is 32.7 Å². The molecule has 46 heavy (non-hydrogen) atoms. The topological polar surface area (TPSA) is 105 Å². The number of nitrogens with zero attached hydrogens (tertiary/aromatic N) is 2. The summed E-state index contributed by atoms with van der Waals surface area (Å²) in [6.07, 6.45) is 5.05. The predicted octanol–water partition coefficient (Wildman–Crippen LogP) is 6.36. The van der Waals surface area contributed by atoms with Crippen LogP contribution in [0.1, 0.15) is 51.0 Å². The molecule has 2 amide bonds. The minimum Gasteiger partial charge on any atom is -0.486 e. The Morgan fingerprint density at radius 2 is 1.61 bits per heavy atom. The standard InChI is InChI=1S/C33H36Cl2FN3O6S/c1-2-29(33(41)37-23-7-4-3-5-8-23)38(20-26-27(34)9-6-10-28(26)35)32(40)21-39(24-13-11-22(36)12-14-24)46(42,43)25-15-16-30-31(19-25)45-18-17-44-30/h6,9-16,19,23,29H,2-5,7-8,17-18,20-21H2,1H3,(H,37,41)/t29-/m0/s1. The summed E-state index contributed by atoms with van der Waals surface area (Å²) < 4.78 is 54.4. The lowest BCUT2D eigenvalue weighted by molar-refractivity contribution is -0.140. The zero-order valence-electron chi connectivity index (χ0n) is 25.4. The number of hydrogen-bond acceptors (Lipinski definition) is 6. The van der Waals surface area contributed by atoms with Gasteiger partial charge >= 0.3 is 0 Å². The summed E-state index contributed by atoms with van der Waals surface area (Å²) in [4.78, 5) is 29.3. The predicted molar refractivity (Wildman–Crippen MR) is 174 cm³/mol. The maximum absolute atomic E-state index is 14.4. The Labute approximate surface area is 278 Å². The molecule has 0 aromatic heterocycles. The van der Waals surface area contributed by atoms with Crippen molar-refractivity contribution >= 4 is 50.7 Å². The van der Waals surface area contributed by atoms with E-state index in [2.05, 4.69) is 5.32 Å². The Hall–Kier alpha value is -3.54. The summed E-state index contributed by atoms with van der Waals surface area (Å²) in [5, 5.41) is 3.70. The van der Waals surface area contributed by atoms with Gasteiger partial charge < -0.3 is 19.7 Å². The third kappa shape index (κ3) is 7.70. The number of ether oxygens (including phenoxy) is 2. The molecule has 1 atom stereocenters. The molecule has 246 valence electrons. The van der Waals surface area contributed by atoms with Crippen LogP contribution in [0.2, 0.25) is 10.0 Å². The first kappa shape index (κ1) is 33.8. The van der Waals surface area contributed by atoms with Gasteiger partial charge in [0.1, 0.15) is 31.6 Å². The molecule has 0 spiro atoms. The molecule has 1 fully saturated rings. The van der Waals surface area contributed by atoms with Crippen molar-refractivity contribution in [3.8, 4) is 11.5 Å². The second-order valence-electron chi connectivity index (χ2n) is 11.3. The first-order valence-corrected chi connectivity index (χ1v) is 17.5. The van der Waals surface area contributed by atoms with Gasteiger partial charge in [0.05, 0.1) is 10.6 Å². The molecule has 1 N–H and O–H groups in total. The monoisotopic (exact) mass is 691 g/mol. The number of sulfonamides is 1. The van der Waals surface area contributed by atoms with E-state index in [0.717, 1.165) is 48.5 Å². The Kier molecular flexibility index (Phi) is 11.0. The summed E-state index contributed by atoms with van der Waals surface area (Å²) in [6.45, 7) is 1.52. The molecule has 2 aliphatic rings. The van der Waals surface area contributed by atoms with Crippen molar-refractivity contribution < 1.29 is 31.9 Å². The van der Waals surface area contributed by atoms with Crippen LogP contribution >= 0.6 is 23.2 Å². The number of anilines is 1. The number of amides is 2. The number of benzene rings is 3. The van der Waals surface area contributed by atoms with Crippen molar-refractivity contribution in [1.82, 2.24) is 10.2 Å². The molecule has 5 rings (SSSR count). The quantitative estimate of drug-likeness (QED) is 0.251. The number of fused-ring (bicyclic) bond motifs is 1. The van der Waals surface area contributed by atoms with Crippen LogP contribution in [-0.2, 0) is 26.2 Å². The highest BCUT2D eigenvalue weighted by Gasteiger charge is 2.35. The van der Waals surface area contributed by atoms with E-state index in [1.807, 2.05) is 0 Å². The Bertz CT molecular complexity index is 1650. The Balaban J connectivity index is 1.52. The van der Waals surface area contributed by atoms with Crippen LogP contribution in [0.4, 0.5) is 10.1 Å². The van der Waals surface area contributed by atoms with Gasteiger partial charge in [-0.05, 0) is 67.8 Å². The zero-order valence-corrected chi connectivity index (χ0v) is 27.7. The van der Waals surface area contributed by atoms with Crippen LogP contribution in [-0.4, -0.2) is 57.0 Å². The normalized spacial score (nSPS) is 15.6. The molecule has 0 bridgehead atoms. The average Bonchev–Trinajstić information content (AvgIpc) is 3.05. The highest BCUT2D eigenvalue weighted by Crippen LogP contribution is 2.35. The van der Waals surface area contributed by atoms with E-state index in [1.165, 1.54) is 35.2 Å². The van der Waals surface area contributed by atoms with Crippen LogP contribution in [0.15, 0.2) is 65.6 Å². The molecule has 1 aliphatic heterocycles. The molecule has 1 heterocycles. The summed E-state index contributed by atoms with van der Waals surface area (Å²) in [6, 6.07) is 12.9. The van der Waals surface area contributed by atoms with E-state index in [0.29, 0.717) is 28.0 Å². The smallest absolute Gasteiger partial charge is 0.264 e. The largest absolute Gasteiger partial charge is 0.486 e. The fraction of sp³-hybridized carbons (Fsp3) is 0.394. The molecule has 9 nitrogen and oxygen atoms in total. The Morgan fingerprint density at radius 3 is 2.26 bits per heavy atom. The molecule has 1 saturated carbocycles. The van der Waals surface area contributed by atoms with E-state index in [1.54, 1.807) is 25.1 Å². The minimum absolute atomic E-state index is 0.0116. The summed E-state index contributed by atoms with van der Waals surface area (Å²) in [7, 11) is -4.42. The SMILES string of the molecule is CC[C@@H](C(=O)NC1CCCCC1)N(Cc1c(Cl)cccc1Cl)C(=O)CN(c1ccc(F)cc1)S(=O)(=O)c1ccc2c(c1)OCCO2. The van der Waals surface area contributed by atoms with Gasteiger partial charge in [-0.1, -0.05) is 55.5 Å². The van der Waals surface area contributed by atoms with E-state index in [-0.39, 0.29) is 47.9 Å². The fourth-order valence-corrected chi connectivity index (χ4v) is 7.71. The molecule has 13 heteroatoms. The Morgan fingerprint density at radius 1 is 0.957 bits per heavy atom. The number of rotatable bonds is 11. The highest BCUT2D eigenvalue weighted by atomic mass is 35.5. The first-order chi connectivity index (χ1) is 22.1. The van der Waals surface area contributed by atoms with Crippen molar-refractivity contribution in [3.05, 3.63) is 82.1 Å². The number of carbonyl (C=O) groups excluding carboxylic acids is 2. The molecule has 3 aromatic carbocycles. The lowest BCUT2D eigenvalue weighted by atomic mass is 9.95. The molecular weight excluding hydrogens is 656 g/mol. The third-order valence-corrected chi connectivity index (χ3v) is 10.7. The van der Waals surface area contributed by atoms with E-state index >= 15 is 0 Å². The van der Waals surface area contributed by atoms with Gasteiger partial charge in [-0.15, -0.1) is 0 Å². The number of nitrogens with one attached hydrogen (secondary N) is 1. The molecular formula is C33H36Cl2FN3O6S. The minimum atomic E-state index is -4.42. The molecule has 3 aromatic rings. The van der Waals surface area contributed by atoms with Crippen LogP contribution < -0.4 is 19.1 Å². The van der Waals surface area contributed by atoms with Crippen molar-refractivity contribution in [3.63, 3.8) is 0 Å². The number of halogens is 3. The molecule has 0 unspecified atom stereocenters. The highest BCUT2D eigenvalue weighted by molar-refractivity contribution is 7.92. The second kappa shape index (κ2) is 14.9. The van der Waals surface area contributed by atoms with Crippen LogP contribution in [0.25, 0.3) is 0 Å². The summed E-state index contributed by atoms with van der Waals surface area (Å²) in [5.41, 5.74) is 0.478. The van der Waals surface area contributed by atoms with Crippen molar-refractivity contribution in [2.75, 3.05) is 24.1 Å². The first-order valence-electron chi connectivity index (χ1n) is 15.3. The average molecular weight is 693 g/mol. The molecule has 0 saturated heterocycles. The van der Waals surface area contributed by atoms with E-state index in [9.17, 15) is 22.4 Å². The maximum Gasteiger partial charge on any atom is 0.264 e. The maximum atomic E-state index is 14.4. The van der Waals surface area contributed by atoms with Crippen LogP contribution in [0.3, 0.4) is 0 Å². The van der Waals surface area contributed by atoms with Crippen molar-refractivity contribution in [2.24, 2.45) is 0 Å². The molecule has 1 aliphatic carbocycles. The fourth-order valence-electron chi connectivity index (χ4n) is 5.76. The third-order valence-electron chi connectivity index (χ3n) is 8.22. The van der Waals surface area contributed by atoms with Gasteiger partial charge in [0.15, 0.2) is 11.5 Å². The zero-order chi connectivity index (χ0) is 32.8. The molecule has 0 radical (unpaired) electrons. The van der Waals surface area contributed by atoms with Crippen molar-refractivity contribution in [2.45, 2.75) is 69.0 Å².